The van der Waals surface area contributed by atoms with E-state index < -0.39 is 18.2 Å². The first kappa shape index (κ1) is 12.0. The summed E-state index contributed by atoms with van der Waals surface area (Å²) in [5.74, 6) is -2.00. The van der Waals surface area contributed by atoms with Gasteiger partial charge in [0.05, 0.1) is 6.10 Å². The highest BCUT2D eigenvalue weighted by molar-refractivity contribution is 5.81. The predicted octanol–water partition coefficient (Wildman–Crippen LogP) is 0.602. The number of aliphatic hydroxyl groups excluding tert-OH is 1. The first-order valence-corrected chi connectivity index (χ1v) is 3.53. The van der Waals surface area contributed by atoms with Gasteiger partial charge < -0.3 is 10.4 Å². The number of amides is 1. The first-order chi connectivity index (χ1) is 5.88. The number of halogens is 3. The van der Waals surface area contributed by atoms with Crippen LogP contribution in [0.25, 0.3) is 0 Å². The van der Waals surface area contributed by atoms with Gasteiger partial charge in [-0.05, 0) is 6.42 Å². The van der Waals surface area contributed by atoms with Crippen LogP contribution in [0.4, 0.5) is 13.2 Å². The second kappa shape index (κ2) is 4.86. The third kappa shape index (κ3) is 5.24. The molecule has 0 heterocycles. The average Bonchev–Trinajstić information content (AvgIpc) is 2.02. The Morgan fingerprint density at radius 3 is 2.54 bits per heavy atom. The summed E-state index contributed by atoms with van der Waals surface area (Å²) in [6.07, 6.45) is -4.56. The molecule has 0 aliphatic heterocycles. The monoisotopic (exact) mass is 197 g/mol. The molecule has 1 atom stereocenters. The number of alkyl halides is 3. The van der Waals surface area contributed by atoms with Crippen molar-refractivity contribution in [2.75, 3.05) is 6.54 Å². The fraction of sp³-hybridized carbons (Fsp3) is 0.571. The van der Waals surface area contributed by atoms with Gasteiger partial charge in [-0.3, -0.25) is 4.79 Å². The molecule has 76 valence electrons. The van der Waals surface area contributed by atoms with Crippen LogP contribution in [0.15, 0.2) is 12.7 Å². The van der Waals surface area contributed by atoms with Crippen LogP contribution in [0.2, 0.25) is 0 Å². The third-order valence-electron chi connectivity index (χ3n) is 1.26. The van der Waals surface area contributed by atoms with Crippen LogP contribution in [0.5, 0.6) is 0 Å². The lowest BCUT2D eigenvalue weighted by Gasteiger charge is -2.08. The van der Waals surface area contributed by atoms with E-state index in [4.69, 9.17) is 5.11 Å². The molecule has 0 saturated carbocycles. The van der Waals surface area contributed by atoms with Gasteiger partial charge in [0.2, 0.25) is 0 Å². The number of nitrogens with one attached hydrogen (secondary N) is 1. The van der Waals surface area contributed by atoms with E-state index in [2.05, 4.69) is 6.58 Å². The van der Waals surface area contributed by atoms with E-state index in [0.717, 1.165) is 0 Å². The molecule has 0 aromatic rings. The van der Waals surface area contributed by atoms with Crippen molar-refractivity contribution in [3.63, 3.8) is 0 Å². The van der Waals surface area contributed by atoms with E-state index in [1.54, 1.807) is 5.32 Å². The smallest absolute Gasteiger partial charge is 0.389 e. The summed E-state index contributed by atoms with van der Waals surface area (Å²) in [5.41, 5.74) is 0. The zero-order valence-electron chi connectivity index (χ0n) is 6.77. The molecule has 0 aliphatic carbocycles. The van der Waals surface area contributed by atoms with Crippen molar-refractivity contribution in [3.8, 4) is 0 Å². The van der Waals surface area contributed by atoms with Crippen LogP contribution in [0.1, 0.15) is 6.42 Å². The summed E-state index contributed by atoms with van der Waals surface area (Å²) in [7, 11) is 0. The van der Waals surface area contributed by atoms with Crippen LogP contribution in [-0.2, 0) is 4.79 Å². The zero-order valence-corrected chi connectivity index (χ0v) is 6.77. The SMILES string of the molecule is C=C[C@H](O)CCNC(=O)C(F)(F)F. The summed E-state index contributed by atoms with van der Waals surface area (Å²) < 4.78 is 34.7. The number of hydrogen-bond acceptors (Lipinski definition) is 2. The van der Waals surface area contributed by atoms with Gasteiger partial charge in [-0.15, -0.1) is 6.58 Å². The van der Waals surface area contributed by atoms with E-state index in [1.165, 1.54) is 6.08 Å². The molecule has 0 bridgehead atoms. The summed E-state index contributed by atoms with van der Waals surface area (Å²) in [5, 5.41) is 10.4. The highest BCUT2D eigenvalue weighted by atomic mass is 19.4. The number of carbonyl (C=O) groups excluding carboxylic acids is 1. The third-order valence-corrected chi connectivity index (χ3v) is 1.26. The highest BCUT2D eigenvalue weighted by Crippen LogP contribution is 2.13. The summed E-state index contributed by atoms with van der Waals surface area (Å²) >= 11 is 0. The Hall–Kier alpha value is -1.04. The van der Waals surface area contributed by atoms with E-state index >= 15 is 0 Å². The molecule has 0 aromatic heterocycles. The topological polar surface area (TPSA) is 49.3 Å². The second-order valence-corrected chi connectivity index (χ2v) is 2.35. The molecule has 0 aromatic carbocycles. The minimum atomic E-state index is -4.86. The van der Waals surface area contributed by atoms with E-state index in [9.17, 15) is 18.0 Å². The van der Waals surface area contributed by atoms with Crippen molar-refractivity contribution in [3.05, 3.63) is 12.7 Å². The Bertz CT molecular complexity index is 191. The van der Waals surface area contributed by atoms with Crippen molar-refractivity contribution in [2.45, 2.75) is 18.7 Å². The van der Waals surface area contributed by atoms with Crippen molar-refractivity contribution in [2.24, 2.45) is 0 Å². The Kier molecular flexibility index (Phi) is 4.47. The van der Waals surface area contributed by atoms with Crippen LogP contribution < -0.4 is 5.32 Å². The number of aliphatic hydroxyl groups is 1. The van der Waals surface area contributed by atoms with Crippen molar-refractivity contribution in [1.29, 1.82) is 0 Å². The van der Waals surface area contributed by atoms with Gasteiger partial charge in [0.15, 0.2) is 0 Å². The minimum Gasteiger partial charge on any atom is -0.389 e. The molecule has 1 amide bonds. The molecular formula is C7H10F3NO2. The maximum Gasteiger partial charge on any atom is 0.471 e. The Morgan fingerprint density at radius 2 is 2.15 bits per heavy atom. The minimum absolute atomic E-state index is 0.0192. The van der Waals surface area contributed by atoms with Crippen LogP contribution in [0.3, 0.4) is 0 Å². The Labute approximate surface area is 73.2 Å². The second-order valence-electron chi connectivity index (χ2n) is 2.35. The van der Waals surface area contributed by atoms with Gasteiger partial charge in [-0.1, -0.05) is 6.08 Å². The first-order valence-electron chi connectivity index (χ1n) is 3.53. The molecule has 0 spiro atoms. The van der Waals surface area contributed by atoms with Crippen LogP contribution in [0, 0.1) is 0 Å². The fourth-order valence-corrected chi connectivity index (χ4v) is 0.552. The van der Waals surface area contributed by atoms with Crippen molar-refractivity contribution >= 4 is 5.91 Å². The lowest BCUT2D eigenvalue weighted by atomic mass is 10.2. The van der Waals surface area contributed by atoms with Crippen molar-refractivity contribution in [1.82, 2.24) is 5.32 Å². The van der Waals surface area contributed by atoms with E-state index in [1.807, 2.05) is 0 Å². The number of carbonyl (C=O) groups is 1. The molecule has 0 aliphatic rings. The Morgan fingerprint density at radius 1 is 1.62 bits per heavy atom. The van der Waals surface area contributed by atoms with Gasteiger partial charge in [0, 0.05) is 6.54 Å². The molecule has 2 N–H and O–H groups in total. The maximum absolute atomic E-state index is 11.6. The fourth-order valence-electron chi connectivity index (χ4n) is 0.552. The van der Waals surface area contributed by atoms with E-state index in [-0.39, 0.29) is 13.0 Å². The lowest BCUT2D eigenvalue weighted by molar-refractivity contribution is -0.173. The summed E-state index contributed by atoms with van der Waals surface area (Å²) in [6, 6.07) is 0. The summed E-state index contributed by atoms with van der Waals surface area (Å²) in [6.45, 7) is 2.99. The Balaban J connectivity index is 3.66. The molecular weight excluding hydrogens is 187 g/mol. The van der Waals surface area contributed by atoms with Gasteiger partial charge in [0.25, 0.3) is 0 Å². The number of hydrogen-bond donors (Lipinski definition) is 2. The predicted molar refractivity (Wildman–Crippen MR) is 39.9 cm³/mol. The molecule has 0 radical (unpaired) electrons. The molecule has 3 nitrogen and oxygen atoms in total. The van der Waals surface area contributed by atoms with Crippen molar-refractivity contribution < 1.29 is 23.1 Å². The molecule has 0 rings (SSSR count). The largest absolute Gasteiger partial charge is 0.471 e. The maximum atomic E-state index is 11.6. The van der Waals surface area contributed by atoms with Gasteiger partial charge in [0.1, 0.15) is 0 Å². The molecule has 0 unspecified atom stereocenters. The van der Waals surface area contributed by atoms with Gasteiger partial charge in [-0.25, -0.2) is 0 Å². The standard InChI is InChI=1S/C7H10F3NO2/c1-2-5(12)3-4-11-6(13)7(8,9)10/h2,5,12H,1,3-4H2,(H,11,13)/t5-/m0/s1. The van der Waals surface area contributed by atoms with Gasteiger partial charge in [-0.2, -0.15) is 13.2 Å². The molecule has 6 heteroatoms. The van der Waals surface area contributed by atoms with Gasteiger partial charge >= 0.3 is 12.1 Å². The average molecular weight is 197 g/mol. The zero-order chi connectivity index (χ0) is 10.5. The summed E-state index contributed by atoms with van der Waals surface area (Å²) in [4.78, 5) is 10.2. The normalized spacial score (nSPS) is 13.5. The van der Waals surface area contributed by atoms with Crippen LogP contribution >= 0.6 is 0 Å². The molecule has 0 saturated heterocycles. The lowest BCUT2D eigenvalue weighted by Crippen LogP contribution is -2.37. The van der Waals surface area contributed by atoms with Crippen LogP contribution in [-0.4, -0.2) is 29.8 Å². The molecule has 13 heavy (non-hydrogen) atoms. The van der Waals surface area contributed by atoms with E-state index in [0.29, 0.717) is 0 Å². The quantitative estimate of drug-likeness (QED) is 0.648. The highest BCUT2D eigenvalue weighted by Gasteiger charge is 2.38. The molecule has 0 fully saturated rings. The number of rotatable bonds is 4.